The third-order valence-electron chi connectivity index (χ3n) is 14.6. The van der Waals surface area contributed by atoms with Crippen LogP contribution in [0, 0.1) is 23.7 Å². The third-order valence-corrected chi connectivity index (χ3v) is 14.6. The molecule has 2 aliphatic carbocycles. The maximum atomic E-state index is 14.3. The maximum absolute atomic E-state index is 14.3. The van der Waals surface area contributed by atoms with E-state index < -0.39 is 90.8 Å². The number of carbonyl (C=O) groups excluding carboxylic acids is 1. The van der Waals surface area contributed by atoms with E-state index in [9.17, 15) is 20.1 Å². The standard InChI is InChI=1S/C49H74O14/c1-28-15-12-13-21-49(53)36(23-30(3)42(50)46(49)56-8)47(52)59-35-24-34(62-48(27-35)22-20-29(2)44(63-48)33-16-10-9-11-17-33)18-14-19-37(28)60-40-26-39(55-7)45(32(5)58-40)61-41-25-38(54-6)43(51)31(4)57-41/h12-15,19-23,28-29,31-46,50-51,53H,9-11,16-18,24-27H2,1-8H3/b15-12+,19-14+,21-13+/t28-,29-,31-,32-,34+,35-,36-,37+,38-,39-,40-,41-,42+,43-,44-,45-,46+,48+,49+/m0/s1. The highest BCUT2D eigenvalue weighted by atomic mass is 16.7. The van der Waals surface area contributed by atoms with Gasteiger partial charge in [0.05, 0.1) is 42.7 Å². The third kappa shape index (κ3) is 11.0. The van der Waals surface area contributed by atoms with Crippen molar-refractivity contribution in [2.75, 3.05) is 21.3 Å². The lowest BCUT2D eigenvalue weighted by Crippen LogP contribution is -2.59. The molecule has 7 aliphatic rings. The molecule has 5 aliphatic heterocycles. The van der Waals surface area contributed by atoms with Crippen molar-refractivity contribution in [3.63, 3.8) is 0 Å². The summed E-state index contributed by atoms with van der Waals surface area (Å²) in [6.45, 7) is 9.68. The van der Waals surface area contributed by atoms with E-state index in [2.05, 4.69) is 19.1 Å². The van der Waals surface area contributed by atoms with Gasteiger partial charge in [-0.3, -0.25) is 4.79 Å². The van der Waals surface area contributed by atoms with Crippen LogP contribution in [0.4, 0.5) is 0 Å². The van der Waals surface area contributed by atoms with Crippen molar-refractivity contribution in [3.05, 3.63) is 60.3 Å². The summed E-state index contributed by atoms with van der Waals surface area (Å²) in [5, 5.41) is 34.0. The largest absolute Gasteiger partial charge is 0.462 e. The van der Waals surface area contributed by atoms with Gasteiger partial charge < -0.3 is 62.7 Å². The van der Waals surface area contributed by atoms with Crippen molar-refractivity contribution < 1.29 is 67.5 Å². The molecule has 3 saturated heterocycles. The lowest BCUT2D eigenvalue weighted by atomic mass is 9.73. The van der Waals surface area contributed by atoms with Crippen LogP contribution in [0.15, 0.2) is 60.3 Å². The zero-order valence-corrected chi connectivity index (χ0v) is 38.5. The van der Waals surface area contributed by atoms with Crippen LogP contribution in [0.3, 0.4) is 0 Å². The molecule has 4 fully saturated rings. The summed E-state index contributed by atoms with van der Waals surface area (Å²) in [6, 6.07) is 0. The van der Waals surface area contributed by atoms with Crippen LogP contribution < -0.4 is 0 Å². The monoisotopic (exact) mass is 887 g/mol. The van der Waals surface area contributed by atoms with E-state index in [4.69, 9.17) is 47.4 Å². The molecule has 354 valence electrons. The quantitative estimate of drug-likeness (QED) is 0.198. The molecular weight excluding hydrogens is 813 g/mol. The number of carbonyl (C=O) groups is 1. The van der Waals surface area contributed by atoms with Crippen molar-refractivity contribution in [1.82, 2.24) is 0 Å². The van der Waals surface area contributed by atoms with Gasteiger partial charge in [-0.1, -0.05) is 75.6 Å². The van der Waals surface area contributed by atoms with E-state index >= 15 is 0 Å². The van der Waals surface area contributed by atoms with E-state index in [-0.39, 0.29) is 30.1 Å². The number of hydrogen-bond acceptors (Lipinski definition) is 14. The van der Waals surface area contributed by atoms with E-state index in [0.717, 1.165) is 12.8 Å². The fraction of sp³-hybridized carbons (Fsp3) is 0.776. The molecule has 0 unspecified atom stereocenters. The highest BCUT2D eigenvalue weighted by Crippen LogP contribution is 2.45. The predicted molar refractivity (Wildman–Crippen MR) is 232 cm³/mol. The van der Waals surface area contributed by atoms with E-state index in [1.807, 2.05) is 32.1 Å². The molecule has 1 spiro atoms. The maximum Gasteiger partial charge on any atom is 0.316 e. The number of aliphatic hydroxyl groups is 3. The second-order valence-corrected chi connectivity index (χ2v) is 19.1. The average Bonchev–Trinajstić information content (AvgIpc) is 3.26. The molecule has 5 heterocycles. The Labute approximate surface area is 373 Å². The summed E-state index contributed by atoms with van der Waals surface area (Å²) < 4.78 is 63.3. The van der Waals surface area contributed by atoms with Crippen LogP contribution in [0.2, 0.25) is 0 Å². The molecule has 0 aromatic carbocycles. The van der Waals surface area contributed by atoms with E-state index in [1.54, 1.807) is 46.3 Å². The lowest BCUT2D eigenvalue weighted by molar-refractivity contribution is -0.318. The Morgan fingerprint density at radius 2 is 1.48 bits per heavy atom. The molecule has 3 N–H and O–H groups in total. The van der Waals surface area contributed by atoms with Gasteiger partial charge in [0.25, 0.3) is 0 Å². The smallest absolute Gasteiger partial charge is 0.316 e. The highest BCUT2D eigenvalue weighted by Gasteiger charge is 2.54. The molecule has 0 radical (unpaired) electrons. The number of aliphatic hydroxyl groups excluding tert-OH is 2. The van der Waals surface area contributed by atoms with Crippen molar-refractivity contribution in [1.29, 1.82) is 0 Å². The molecular formula is C49H74O14. The van der Waals surface area contributed by atoms with E-state index in [1.165, 1.54) is 32.4 Å². The van der Waals surface area contributed by atoms with Gasteiger partial charge in [0, 0.05) is 58.8 Å². The first-order chi connectivity index (χ1) is 30.2. The minimum atomic E-state index is -1.93. The van der Waals surface area contributed by atoms with Gasteiger partial charge in [-0.15, -0.1) is 0 Å². The zero-order chi connectivity index (χ0) is 45.1. The Hall–Kier alpha value is -2.31. The number of esters is 1. The van der Waals surface area contributed by atoms with Gasteiger partial charge in [-0.25, -0.2) is 0 Å². The zero-order valence-electron chi connectivity index (χ0n) is 38.5. The van der Waals surface area contributed by atoms with Crippen LogP contribution in [0.5, 0.6) is 0 Å². The lowest BCUT2D eigenvalue weighted by Gasteiger charge is -2.49. The number of rotatable bonds is 8. The molecule has 0 amide bonds. The summed E-state index contributed by atoms with van der Waals surface area (Å²) in [5.41, 5.74) is -1.42. The summed E-state index contributed by atoms with van der Waals surface area (Å²) in [4.78, 5) is 14.3. The number of hydrogen-bond donors (Lipinski definition) is 3. The molecule has 7 rings (SSSR count). The number of fused-ring (bicyclic) bond motifs is 3. The van der Waals surface area contributed by atoms with Crippen LogP contribution >= 0.6 is 0 Å². The summed E-state index contributed by atoms with van der Waals surface area (Å²) in [7, 11) is 4.63. The fourth-order valence-electron chi connectivity index (χ4n) is 10.9. The van der Waals surface area contributed by atoms with Gasteiger partial charge in [-0.2, -0.15) is 0 Å². The minimum absolute atomic E-state index is 0.0277. The van der Waals surface area contributed by atoms with Gasteiger partial charge in [-0.05, 0) is 63.7 Å². The van der Waals surface area contributed by atoms with E-state index in [0.29, 0.717) is 43.6 Å². The Morgan fingerprint density at radius 3 is 2.21 bits per heavy atom. The normalized spacial score (nSPS) is 48.1. The molecule has 19 atom stereocenters. The van der Waals surface area contributed by atoms with Crippen LogP contribution in [0.25, 0.3) is 0 Å². The van der Waals surface area contributed by atoms with Gasteiger partial charge in [0.1, 0.15) is 42.0 Å². The van der Waals surface area contributed by atoms with Crippen molar-refractivity contribution >= 4 is 5.97 Å². The second kappa shape index (κ2) is 21.1. The fourth-order valence-corrected chi connectivity index (χ4v) is 10.9. The van der Waals surface area contributed by atoms with Gasteiger partial charge in [0.2, 0.25) is 0 Å². The summed E-state index contributed by atoms with van der Waals surface area (Å²) >= 11 is 0. The Morgan fingerprint density at radius 1 is 0.762 bits per heavy atom. The Bertz CT molecular complexity index is 1670. The molecule has 1 saturated carbocycles. The number of methoxy groups -OCH3 is 3. The highest BCUT2D eigenvalue weighted by molar-refractivity contribution is 5.78. The Balaban J connectivity index is 1.15. The van der Waals surface area contributed by atoms with Crippen LogP contribution in [0.1, 0.15) is 98.8 Å². The minimum Gasteiger partial charge on any atom is -0.462 e. The molecule has 0 aromatic heterocycles. The second-order valence-electron chi connectivity index (χ2n) is 19.1. The first kappa shape index (κ1) is 48.6. The SMILES string of the molecule is CO[C@H]1C[C@H](O[C@H]2[C@H](C)O[C@@H](O[C@@H]3/C=C/C[C@@H]4C[C@@H](C[C@]5(C=C[C@H](C)[C@@H](C6CCCCC6)O5)O4)OC(=O)[C@@H]4C=C(C)[C@@H](O)[C@@H](OC)[C@@]4(O)/C=C/C=C/[C@@H]3C)C[C@@H]2OC)O[C@@H](C)[C@@H]1O. The van der Waals surface area contributed by atoms with Gasteiger partial charge in [0.15, 0.2) is 18.4 Å². The predicted octanol–water partition coefficient (Wildman–Crippen LogP) is 5.77. The van der Waals surface area contributed by atoms with Crippen molar-refractivity contribution in [3.8, 4) is 0 Å². The topological polar surface area (TPSA) is 170 Å². The summed E-state index contributed by atoms with van der Waals surface area (Å²) in [5.74, 6) is -2.42. The molecule has 14 nitrogen and oxygen atoms in total. The molecule has 2 bridgehead atoms. The Kier molecular flexibility index (Phi) is 16.3. The number of allylic oxidation sites excluding steroid dienone is 2. The van der Waals surface area contributed by atoms with Crippen LogP contribution in [-0.4, -0.2) is 140 Å². The van der Waals surface area contributed by atoms with Crippen molar-refractivity contribution in [2.45, 2.75) is 196 Å². The molecule has 14 heteroatoms. The first-order valence-corrected chi connectivity index (χ1v) is 23.4. The number of ether oxygens (including phenoxy) is 10. The average molecular weight is 887 g/mol. The molecule has 0 aromatic rings. The van der Waals surface area contributed by atoms with Crippen LogP contribution in [-0.2, 0) is 52.2 Å². The summed E-state index contributed by atoms with van der Waals surface area (Å²) in [6.07, 6.45) is 16.7. The molecule has 63 heavy (non-hydrogen) atoms. The van der Waals surface area contributed by atoms with Gasteiger partial charge >= 0.3 is 5.97 Å². The first-order valence-electron chi connectivity index (χ1n) is 23.4. The van der Waals surface area contributed by atoms with Crippen molar-refractivity contribution in [2.24, 2.45) is 23.7 Å².